The molecule has 1 fully saturated rings. The van der Waals surface area contributed by atoms with Crippen LogP contribution in [0, 0.1) is 6.92 Å². The zero-order valence-corrected chi connectivity index (χ0v) is 20.2. The molecule has 9 heteroatoms. The lowest BCUT2D eigenvalue weighted by atomic mass is 10.2. The highest BCUT2D eigenvalue weighted by Gasteiger charge is 2.36. The number of para-hydroxylation sites is 2. The van der Waals surface area contributed by atoms with Crippen LogP contribution in [0.3, 0.4) is 0 Å². The number of anilines is 2. The Kier molecular flexibility index (Phi) is 7.82. The van der Waals surface area contributed by atoms with Gasteiger partial charge in [-0.3, -0.25) is 24.1 Å². The van der Waals surface area contributed by atoms with Gasteiger partial charge in [0.15, 0.2) is 6.61 Å². The van der Waals surface area contributed by atoms with E-state index in [9.17, 15) is 19.2 Å². The van der Waals surface area contributed by atoms with Gasteiger partial charge in [-0.15, -0.1) is 0 Å². The van der Waals surface area contributed by atoms with Crippen molar-refractivity contribution in [1.29, 1.82) is 0 Å². The van der Waals surface area contributed by atoms with E-state index in [1.165, 1.54) is 0 Å². The second-order valence-electron chi connectivity index (χ2n) is 7.91. The number of hydrogen-bond acceptors (Lipinski definition) is 6. The molecule has 182 valence electrons. The van der Waals surface area contributed by atoms with Crippen molar-refractivity contribution in [3.05, 3.63) is 94.9 Å². The lowest BCUT2D eigenvalue weighted by molar-refractivity contribution is -0.127. The van der Waals surface area contributed by atoms with E-state index < -0.39 is 17.1 Å². The number of ether oxygens (including phenoxy) is 1. The fourth-order valence-corrected chi connectivity index (χ4v) is 4.23. The van der Waals surface area contributed by atoms with Gasteiger partial charge in [-0.25, -0.2) is 0 Å². The van der Waals surface area contributed by atoms with E-state index in [-0.39, 0.29) is 24.0 Å². The number of amides is 4. The summed E-state index contributed by atoms with van der Waals surface area (Å²) in [5.74, 6) is -0.879. The molecule has 0 aromatic heterocycles. The lowest BCUT2D eigenvalue weighted by Crippen LogP contribution is -2.36. The minimum absolute atomic E-state index is 0.190. The first kappa shape index (κ1) is 24.7. The average molecular weight is 502 g/mol. The molecule has 1 aliphatic rings. The largest absolute Gasteiger partial charge is 0.484 e. The first-order chi connectivity index (χ1) is 17.4. The van der Waals surface area contributed by atoms with Crippen LogP contribution in [0.25, 0.3) is 6.08 Å². The highest BCUT2D eigenvalue weighted by molar-refractivity contribution is 8.18. The molecule has 4 amide bonds. The van der Waals surface area contributed by atoms with Crippen LogP contribution in [0.4, 0.5) is 16.2 Å². The molecule has 0 bridgehead atoms. The quantitative estimate of drug-likeness (QED) is 0.434. The third-order valence-corrected chi connectivity index (χ3v) is 6.09. The fourth-order valence-electron chi connectivity index (χ4n) is 3.40. The number of carbonyl (C=O) groups excluding carboxylic acids is 4. The number of carbonyl (C=O) groups is 4. The number of imide groups is 1. The first-order valence-electron chi connectivity index (χ1n) is 11.1. The second kappa shape index (κ2) is 11.4. The van der Waals surface area contributed by atoms with Crippen molar-refractivity contribution in [3.63, 3.8) is 0 Å². The maximum absolute atomic E-state index is 12.8. The van der Waals surface area contributed by atoms with Gasteiger partial charge in [0.25, 0.3) is 17.1 Å². The monoisotopic (exact) mass is 501 g/mol. The van der Waals surface area contributed by atoms with Crippen LogP contribution < -0.4 is 15.4 Å². The minimum Gasteiger partial charge on any atom is -0.484 e. The van der Waals surface area contributed by atoms with Gasteiger partial charge in [-0.05, 0) is 66.2 Å². The summed E-state index contributed by atoms with van der Waals surface area (Å²) < 4.78 is 5.60. The van der Waals surface area contributed by atoms with Crippen LogP contribution in [0.5, 0.6) is 5.75 Å². The van der Waals surface area contributed by atoms with Gasteiger partial charge in [-0.2, -0.15) is 0 Å². The Labute approximate surface area is 212 Å². The topological polar surface area (TPSA) is 105 Å². The maximum atomic E-state index is 12.8. The van der Waals surface area contributed by atoms with Gasteiger partial charge in [0.2, 0.25) is 5.91 Å². The Hall–Kier alpha value is -4.37. The Morgan fingerprint density at radius 3 is 2.44 bits per heavy atom. The van der Waals surface area contributed by atoms with Crippen LogP contribution in [0.1, 0.15) is 11.1 Å². The standard InChI is InChI=1S/C27H23N3O5S/c1-18-8-5-6-13-22(18)29-25(32)17-35-21-12-7-9-19(14-21)15-23-26(33)30(27(34)36-23)16-24(31)28-20-10-3-2-4-11-20/h2-15H,16-17H2,1H3,(H,28,31)(H,29,32)/b23-15-. The summed E-state index contributed by atoms with van der Waals surface area (Å²) in [6, 6.07) is 23.1. The summed E-state index contributed by atoms with van der Waals surface area (Å²) >= 11 is 0.765. The lowest BCUT2D eigenvalue weighted by Gasteiger charge is -2.12. The molecule has 0 aliphatic carbocycles. The highest BCUT2D eigenvalue weighted by atomic mass is 32.2. The number of nitrogens with one attached hydrogen (secondary N) is 2. The summed E-state index contributed by atoms with van der Waals surface area (Å²) in [6.45, 7) is 1.33. The van der Waals surface area contributed by atoms with Crippen molar-refractivity contribution >= 4 is 52.2 Å². The summed E-state index contributed by atoms with van der Waals surface area (Å²) in [5.41, 5.74) is 2.85. The third-order valence-electron chi connectivity index (χ3n) is 5.18. The molecule has 0 saturated carbocycles. The van der Waals surface area contributed by atoms with E-state index in [2.05, 4.69) is 10.6 Å². The second-order valence-corrected chi connectivity index (χ2v) is 8.90. The Morgan fingerprint density at radius 1 is 0.917 bits per heavy atom. The number of nitrogens with zero attached hydrogens (tertiary/aromatic N) is 1. The molecule has 1 aliphatic heterocycles. The summed E-state index contributed by atoms with van der Waals surface area (Å²) in [6.07, 6.45) is 1.56. The van der Waals surface area contributed by atoms with Gasteiger partial charge in [0.1, 0.15) is 12.3 Å². The van der Waals surface area contributed by atoms with Gasteiger partial charge in [-0.1, -0.05) is 48.5 Å². The summed E-state index contributed by atoms with van der Waals surface area (Å²) in [7, 11) is 0. The highest BCUT2D eigenvalue weighted by Crippen LogP contribution is 2.32. The van der Waals surface area contributed by atoms with E-state index in [0.717, 1.165) is 22.2 Å². The number of thioether (sulfide) groups is 1. The minimum atomic E-state index is -0.544. The van der Waals surface area contributed by atoms with Crippen molar-refractivity contribution < 1.29 is 23.9 Å². The molecule has 1 heterocycles. The molecule has 3 aromatic carbocycles. The number of hydrogen-bond donors (Lipinski definition) is 2. The van der Waals surface area contributed by atoms with Crippen molar-refractivity contribution in [2.75, 3.05) is 23.8 Å². The third kappa shape index (κ3) is 6.39. The zero-order valence-electron chi connectivity index (χ0n) is 19.4. The molecule has 36 heavy (non-hydrogen) atoms. The van der Waals surface area contributed by atoms with E-state index in [1.807, 2.05) is 37.3 Å². The Balaban J connectivity index is 1.35. The Morgan fingerprint density at radius 2 is 1.67 bits per heavy atom. The normalized spacial score (nSPS) is 14.1. The summed E-state index contributed by atoms with van der Waals surface area (Å²) in [4.78, 5) is 50.8. The van der Waals surface area contributed by atoms with E-state index in [4.69, 9.17) is 4.74 Å². The van der Waals surface area contributed by atoms with Crippen LogP contribution >= 0.6 is 11.8 Å². The van der Waals surface area contributed by atoms with Gasteiger partial charge in [0, 0.05) is 11.4 Å². The smallest absolute Gasteiger partial charge is 0.294 e. The van der Waals surface area contributed by atoms with Crippen molar-refractivity contribution in [3.8, 4) is 5.75 Å². The van der Waals surface area contributed by atoms with Crippen molar-refractivity contribution in [2.24, 2.45) is 0 Å². The van der Waals surface area contributed by atoms with E-state index in [1.54, 1.807) is 54.6 Å². The Bertz CT molecular complexity index is 1340. The van der Waals surface area contributed by atoms with E-state index in [0.29, 0.717) is 22.7 Å². The van der Waals surface area contributed by atoms with Crippen LogP contribution in [0.2, 0.25) is 0 Å². The summed E-state index contributed by atoms with van der Waals surface area (Å²) in [5, 5.41) is 4.94. The zero-order chi connectivity index (χ0) is 25.5. The molecular formula is C27H23N3O5S. The van der Waals surface area contributed by atoms with Crippen molar-refractivity contribution in [2.45, 2.75) is 6.92 Å². The average Bonchev–Trinajstić information content (AvgIpc) is 3.12. The molecule has 0 radical (unpaired) electrons. The molecule has 0 spiro atoms. The molecule has 0 unspecified atom stereocenters. The number of benzene rings is 3. The SMILES string of the molecule is Cc1ccccc1NC(=O)COc1cccc(/C=C2\SC(=O)N(CC(=O)Nc3ccccc3)C2=O)c1. The number of aryl methyl sites for hydroxylation is 1. The molecule has 4 rings (SSSR count). The van der Waals surface area contributed by atoms with Crippen LogP contribution in [-0.2, 0) is 14.4 Å². The van der Waals surface area contributed by atoms with Crippen molar-refractivity contribution in [1.82, 2.24) is 4.90 Å². The predicted octanol–water partition coefficient (Wildman–Crippen LogP) is 4.69. The van der Waals surface area contributed by atoms with Gasteiger partial charge < -0.3 is 15.4 Å². The van der Waals surface area contributed by atoms with Gasteiger partial charge in [0.05, 0.1) is 4.91 Å². The first-order valence-corrected chi connectivity index (χ1v) is 11.9. The fraction of sp³-hybridized carbons (Fsp3) is 0.111. The predicted molar refractivity (Wildman–Crippen MR) is 139 cm³/mol. The molecule has 2 N–H and O–H groups in total. The number of rotatable bonds is 8. The van der Waals surface area contributed by atoms with Gasteiger partial charge >= 0.3 is 0 Å². The molecule has 3 aromatic rings. The maximum Gasteiger partial charge on any atom is 0.294 e. The van der Waals surface area contributed by atoms with Crippen LogP contribution in [0.15, 0.2) is 83.8 Å². The van der Waals surface area contributed by atoms with Crippen LogP contribution in [-0.4, -0.2) is 41.0 Å². The molecule has 8 nitrogen and oxygen atoms in total. The van der Waals surface area contributed by atoms with E-state index >= 15 is 0 Å². The molecule has 1 saturated heterocycles. The molecular weight excluding hydrogens is 478 g/mol. The molecule has 0 atom stereocenters.